The molecule has 1 heterocycles. The molecule has 2 nitrogen and oxygen atoms in total. The molecule has 20 heavy (non-hydrogen) atoms. The van der Waals surface area contributed by atoms with Crippen molar-refractivity contribution in [2.45, 2.75) is 84.8 Å². The summed E-state index contributed by atoms with van der Waals surface area (Å²) in [7, 11) is 0. The molecule has 2 aliphatic rings. The summed E-state index contributed by atoms with van der Waals surface area (Å²) in [4.78, 5) is 2.62. The van der Waals surface area contributed by atoms with Crippen LogP contribution in [0.1, 0.15) is 72.6 Å². The molecule has 118 valence electrons. The monoisotopic (exact) mass is 281 g/mol. The molecule has 1 saturated carbocycles. The van der Waals surface area contributed by atoms with Gasteiger partial charge in [0.2, 0.25) is 0 Å². The summed E-state index contributed by atoms with van der Waals surface area (Å²) in [6, 6.07) is 0.420. The van der Waals surface area contributed by atoms with Gasteiger partial charge < -0.3 is 5.11 Å². The first-order chi connectivity index (χ1) is 9.41. The van der Waals surface area contributed by atoms with Crippen LogP contribution in [0.3, 0.4) is 0 Å². The first-order valence-electron chi connectivity index (χ1n) is 8.84. The number of rotatable bonds is 2. The lowest BCUT2D eigenvalue weighted by Crippen LogP contribution is -2.49. The second-order valence-electron chi connectivity index (χ2n) is 8.25. The standard InChI is InChI=1S/C18H35NO/c1-5-14-7-6-11-19(12-10-14)16-13-15(18(2,3)4)8-9-17(16)20/h14-17,20H,5-13H2,1-4H3. The molecule has 1 aliphatic carbocycles. The molecule has 0 spiro atoms. The summed E-state index contributed by atoms with van der Waals surface area (Å²) in [5.41, 5.74) is 0.385. The van der Waals surface area contributed by atoms with Gasteiger partial charge in [-0.05, 0) is 68.9 Å². The molecule has 4 unspecified atom stereocenters. The number of aliphatic hydroxyl groups excluding tert-OH is 1. The summed E-state index contributed by atoms with van der Waals surface area (Å²) in [6.45, 7) is 11.8. The Hall–Kier alpha value is -0.0800. The van der Waals surface area contributed by atoms with Gasteiger partial charge in [0.25, 0.3) is 0 Å². The Morgan fingerprint density at radius 3 is 2.45 bits per heavy atom. The van der Waals surface area contributed by atoms with Gasteiger partial charge in [0, 0.05) is 6.04 Å². The number of hydrogen-bond acceptors (Lipinski definition) is 2. The Balaban J connectivity index is 1.98. The van der Waals surface area contributed by atoms with Crippen molar-refractivity contribution < 1.29 is 5.11 Å². The zero-order chi connectivity index (χ0) is 14.8. The minimum atomic E-state index is -0.0909. The van der Waals surface area contributed by atoms with E-state index in [0.717, 1.165) is 18.3 Å². The number of hydrogen-bond donors (Lipinski definition) is 1. The molecule has 1 saturated heterocycles. The molecular weight excluding hydrogens is 246 g/mol. The van der Waals surface area contributed by atoms with Crippen LogP contribution in [0.25, 0.3) is 0 Å². The highest BCUT2D eigenvalue weighted by Gasteiger charge is 2.38. The number of nitrogens with zero attached hydrogens (tertiary/aromatic N) is 1. The molecular formula is C18H35NO. The minimum Gasteiger partial charge on any atom is -0.391 e. The van der Waals surface area contributed by atoms with Crippen LogP contribution >= 0.6 is 0 Å². The second kappa shape index (κ2) is 6.79. The highest BCUT2D eigenvalue weighted by Crippen LogP contribution is 2.40. The van der Waals surface area contributed by atoms with Gasteiger partial charge in [-0.25, -0.2) is 0 Å². The molecule has 0 aromatic carbocycles. The van der Waals surface area contributed by atoms with Crippen LogP contribution in [0.4, 0.5) is 0 Å². The van der Waals surface area contributed by atoms with Crippen molar-refractivity contribution in [3.05, 3.63) is 0 Å². The SMILES string of the molecule is CCC1CCCN(C2CC(C(C)(C)C)CCC2O)CC1. The normalized spacial score (nSPS) is 37.6. The average Bonchev–Trinajstić information content (AvgIpc) is 2.63. The molecule has 0 radical (unpaired) electrons. The lowest BCUT2D eigenvalue weighted by atomic mass is 9.70. The Bertz CT molecular complexity index is 296. The van der Waals surface area contributed by atoms with Gasteiger partial charge in [-0.2, -0.15) is 0 Å². The summed E-state index contributed by atoms with van der Waals surface area (Å²) in [5.74, 6) is 1.68. The lowest BCUT2D eigenvalue weighted by molar-refractivity contribution is -0.0162. The predicted molar refractivity (Wildman–Crippen MR) is 85.8 cm³/mol. The first-order valence-corrected chi connectivity index (χ1v) is 8.84. The molecule has 2 fully saturated rings. The molecule has 1 aliphatic heterocycles. The Morgan fingerprint density at radius 2 is 1.80 bits per heavy atom. The molecule has 0 aromatic heterocycles. The van der Waals surface area contributed by atoms with Crippen molar-refractivity contribution in [3.63, 3.8) is 0 Å². The summed E-state index contributed by atoms with van der Waals surface area (Å²) in [6.07, 6.45) is 8.67. The third-order valence-electron chi connectivity index (χ3n) is 5.93. The van der Waals surface area contributed by atoms with E-state index in [2.05, 4.69) is 32.6 Å². The van der Waals surface area contributed by atoms with E-state index in [0.29, 0.717) is 11.5 Å². The van der Waals surface area contributed by atoms with Crippen molar-refractivity contribution in [2.75, 3.05) is 13.1 Å². The lowest BCUT2D eigenvalue weighted by Gasteiger charge is -2.44. The fraction of sp³-hybridized carbons (Fsp3) is 1.00. The van der Waals surface area contributed by atoms with Crippen LogP contribution in [0, 0.1) is 17.3 Å². The van der Waals surface area contributed by atoms with Crippen molar-refractivity contribution in [3.8, 4) is 0 Å². The largest absolute Gasteiger partial charge is 0.391 e. The third kappa shape index (κ3) is 3.98. The number of aliphatic hydroxyl groups is 1. The summed E-state index contributed by atoms with van der Waals surface area (Å²) >= 11 is 0. The maximum absolute atomic E-state index is 10.5. The molecule has 0 amide bonds. The quantitative estimate of drug-likeness (QED) is 0.824. The zero-order valence-corrected chi connectivity index (χ0v) is 14.1. The highest BCUT2D eigenvalue weighted by atomic mass is 16.3. The van der Waals surface area contributed by atoms with Crippen LogP contribution in [0.15, 0.2) is 0 Å². The maximum Gasteiger partial charge on any atom is 0.0695 e. The Morgan fingerprint density at radius 1 is 1.05 bits per heavy atom. The molecule has 1 N–H and O–H groups in total. The van der Waals surface area contributed by atoms with Crippen LogP contribution in [-0.4, -0.2) is 35.2 Å². The van der Waals surface area contributed by atoms with Gasteiger partial charge in [-0.1, -0.05) is 34.1 Å². The summed E-state index contributed by atoms with van der Waals surface area (Å²) in [5, 5.41) is 10.5. The fourth-order valence-corrected chi connectivity index (χ4v) is 4.24. The second-order valence-corrected chi connectivity index (χ2v) is 8.25. The molecule has 2 heteroatoms. The van der Waals surface area contributed by atoms with Crippen molar-refractivity contribution >= 4 is 0 Å². The van der Waals surface area contributed by atoms with Gasteiger partial charge in [0.1, 0.15) is 0 Å². The van der Waals surface area contributed by atoms with Crippen molar-refractivity contribution in [1.82, 2.24) is 4.90 Å². The van der Waals surface area contributed by atoms with Crippen molar-refractivity contribution in [2.24, 2.45) is 17.3 Å². The highest BCUT2D eigenvalue weighted by molar-refractivity contribution is 4.91. The topological polar surface area (TPSA) is 23.5 Å². The van der Waals surface area contributed by atoms with E-state index in [1.54, 1.807) is 0 Å². The van der Waals surface area contributed by atoms with E-state index in [-0.39, 0.29) is 6.10 Å². The van der Waals surface area contributed by atoms with E-state index >= 15 is 0 Å². The maximum atomic E-state index is 10.5. The third-order valence-corrected chi connectivity index (χ3v) is 5.93. The Kier molecular flexibility index (Phi) is 5.53. The van der Waals surface area contributed by atoms with Gasteiger partial charge >= 0.3 is 0 Å². The van der Waals surface area contributed by atoms with Crippen LogP contribution in [-0.2, 0) is 0 Å². The fourth-order valence-electron chi connectivity index (χ4n) is 4.24. The van der Waals surface area contributed by atoms with Gasteiger partial charge in [0.15, 0.2) is 0 Å². The zero-order valence-electron chi connectivity index (χ0n) is 14.1. The molecule has 4 atom stereocenters. The molecule has 0 aromatic rings. The molecule has 0 bridgehead atoms. The van der Waals surface area contributed by atoms with E-state index < -0.39 is 0 Å². The van der Waals surface area contributed by atoms with E-state index in [1.807, 2.05) is 0 Å². The van der Waals surface area contributed by atoms with Crippen molar-refractivity contribution in [1.29, 1.82) is 0 Å². The van der Waals surface area contributed by atoms with Gasteiger partial charge in [-0.15, -0.1) is 0 Å². The van der Waals surface area contributed by atoms with Crippen LogP contribution in [0.2, 0.25) is 0 Å². The van der Waals surface area contributed by atoms with E-state index in [4.69, 9.17) is 0 Å². The van der Waals surface area contributed by atoms with Gasteiger partial charge in [0.05, 0.1) is 6.10 Å². The predicted octanol–water partition coefficient (Wildman–Crippen LogP) is 4.07. The number of likely N-dealkylation sites (tertiary alicyclic amines) is 1. The minimum absolute atomic E-state index is 0.0909. The average molecular weight is 281 g/mol. The summed E-state index contributed by atoms with van der Waals surface area (Å²) < 4.78 is 0. The van der Waals surface area contributed by atoms with Crippen LogP contribution < -0.4 is 0 Å². The first kappa shape index (κ1) is 16.3. The van der Waals surface area contributed by atoms with E-state index in [9.17, 15) is 5.11 Å². The molecule has 2 rings (SSSR count). The van der Waals surface area contributed by atoms with Gasteiger partial charge in [-0.3, -0.25) is 4.90 Å². The van der Waals surface area contributed by atoms with E-state index in [1.165, 1.54) is 51.6 Å². The Labute approximate surface area is 125 Å². The van der Waals surface area contributed by atoms with Crippen LogP contribution in [0.5, 0.6) is 0 Å². The smallest absolute Gasteiger partial charge is 0.0695 e.